The Balaban J connectivity index is 1.72. The van der Waals surface area contributed by atoms with E-state index in [4.69, 9.17) is 11.2 Å². The third-order valence-corrected chi connectivity index (χ3v) is 4.15. The summed E-state index contributed by atoms with van der Waals surface area (Å²) in [6.45, 7) is -0.147. The fourth-order valence-electron chi connectivity index (χ4n) is 2.17. The van der Waals surface area contributed by atoms with Crippen LogP contribution in [-0.2, 0) is 27.2 Å². The molecule has 1 N–H and O–H groups in total. The topological polar surface area (TPSA) is 55.4 Å². The molecule has 1 amide bonds. The highest BCUT2D eigenvalue weighted by Crippen LogP contribution is 2.27. The van der Waals surface area contributed by atoms with Gasteiger partial charge < -0.3 is 10.1 Å². The molecule has 2 rings (SSSR count). The summed E-state index contributed by atoms with van der Waals surface area (Å²) < 4.78 is 4.87. The second-order valence-electron chi connectivity index (χ2n) is 4.71. The van der Waals surface area contributed by atoms with Crippen molar-refractivity contribution < 1.29 is 14.3 Å². The predicted molar refractivity (Wildman–Crippen MR) is 82.0 cm³/mol. The van der Waals surface area contributed by atoms with Gasteiger partial charge in [-0.1, -0.05) is 12.0 Å². The molecule has 0 bridgehead atoms. The monoisotopic (exact) mass is 303 g/mol. The Kier molecular flexibility index (Phi) is 5.70. The van der Waals surface area contributed by atoms with E-state index in [2.05, 4.69) is 23.4 Å². The van der Waals surface area contributed by atoms with Crippen LogP contribution in [0, 0.1) is 12.3 Å². The van der Waals surface area contributed by atoms with Crippen LogP contribution in [0.2, 0.25) is 0 Å². The molecule has 0 heterocycles. The van der Waals surface area contributed by atoms with Gasteiger partial charge in [0.25, 0.3) is 5.91 Å². The molecule has 0 spiro atoms. The fraction of sp³-hybridized carbons (Fsp3) is 0.375. The number of hydrogen-bond acceptors (Lipinski definition) is 4. The van der Waals surface area contributed by atoms with E-state index < -0.39 is 5.97 Å². The first-order valence-electron chi connectivity index (χ1n) is 6.79. The van der Waals surface area contributed by atoms with Crippen LogP contribution >= 0.6 is 11.8 Å². The highest BCUT2D eigenvalue weighted by atomic mass is 32.2. The molecule has 0 saturated carbocycles. The summed E-state index contributed by atoms with van der Waals surface area (Å²) in [6.07, 6.45) is 8.48. The van der Waals surface area contributed by atoms with Crippen molar-refractivity contribution in [3.8, 4) is 12.3 Å². The molecule has 0 saturated heterocycles. The largest absolute Gasteiger partial charge is 0.455 e. The van der Waals surface area contributed by atoms with Crippen LogP contribution in [0.1, 0.15) is 17.5 Å². The maximum atomic E-state index is 11.6. The number of esters is 1. The predicted octanol–water partition coefficient (Wildman–Crippen LogP) is 1.56. The second-order valence-corrected chi connectivity index (χ2v) is 5.76. The third-order valence-electron chi connectivity index (χ3n) is 3.18. The van der Waals surface area contributed by atoms with Crippen LogP contribution < -0.4 is 5.32 Å². The van der Waals surface area contributed by atoms with Crippen LogP contribution in [0.4, 0.5) is 0 Å². The zero-order chi connectivity index (χ0) is 15.1. The van der Waals surface area contributed by atoms with Crippen molar-refractivity contribution in [1.29, 1.82) is 0 Å². The van der Waals surface area contributed by atoms with Crippen molar-refractivity contribution in [3.63, 3.8) is 0 Å². The van der Waals surface area contributed by atoms with Crippen molar-refractivity contribution in [3.05, 3.63) is 29.3 Å². The summed E-state index contributed by atoms with van der Waals surface area (Å²) in [5, 5.41) is 2.43. The SMILES string of the molecule is C#CCNC(=O)COC(=O)CSc1ccc2c(c1)CCC2. The molecular formula is C16H17NO3S. The van der Waals surface area contributed by atoms with Gasteiger partial charge in [0.15, 0.2) is 6.61 Å². The number of fused-ring (bicyclic) bond motifs is 1. The summed E-state index contributed by atoms with van der Waals surface area (Å²) in [7, 11) is 0. The Morgan fingerprint density at radius 1 is 1.33 bits per heavy atom. The molecule has 4 nitrogen and oxygen atoms in total. The molecule has 0 fully saturated rings. The van der Waals surface area contributed by atoms with Gasteiger partial charge in [-0.2, -0.15) is 0 Å². The molecule has 5 heteroatoms. The minimum atomic E-state index is -0.406. The number of aryl methyl sites for hydroxylation is 2. The van der Waals surface area contributed by atoms with Crippen LogP contribution in [-0.4, -0.2) is 30.8 Å². The number of ether oxygens (including phenoxy) is 1. The number of carbonyl (C=O) groups excluding carboxylic acids is 2. The first-order valence-corrected chi connectivity index (χ1v) is 7.78. The van der Waals surface area contributed by atoms with E-state index in [1.54, 1.807) is 0 Å². The molecule has 0 atom stereocenters. The van der Waals surface area contributed by atoms with E-state index in [0.717, 1.165) is 17.7 Å². The number of carbonyl (C=O) groups is 2. The number of benzene rings is 1. The van der Waals surface area contributed by atoms with Gasteiger partial charge in [-0.3, -0.25) is 9.59 Å². The average Bonchev–Trinajstić information content (AvgIpc) is 2.96. The molecule has 1 aliphatic carbocycles. The lowest BCUT2D eigenvalue weighted by Crippen LogP contribution is -2.29. The number of hydrogen-bond donors (Lipinski definition) is 1. The lowest BCUT2D eigenvalue weighted by molar-refractivity contribution is -0.145. The van der Waals surface area contributed by atoms with Crippen molar-refractivity contribution in [2.75, 3.05) is 18.9 Å². The molecule has 1 aliphatic rings. The Hall–Kier alpha value is -1.93. The molecule has 0 aromatic heterocycles. The standard InChI is InChI=1S/C16H17NO3S/c1-2-8-17-15(18)10-20-16(19)11-21-14-7-6-12-4-3-5-13(12)9-14/h1,6-7,9H,3-5,8,10-11H2,(H,17,18). The van der Waals surface area contributed by atoms with Gasteiger partial charge in [0.1, 0.15) is 0 Å². The molecule has 21 heavy (non-hydrogen) atoms. The van der Waals surface area contributed by atoms with Gasteiger partial charge in [-0.15, -0.1) is 18.2 Å². The Labute approximate surface area is 128 Å². The van der Waals surface area contributed by atoms with E-state index in [1.807, 2.05) is 6.07 Å². The van der Waals surface area contributed by atoms with Crippen LogP contribution in [0.3, 0.4) is 0 Å². The molecule has 1 aromatic carbocycles. The van der Waals surface area contributed by atoms with Crippen LogP contribution in [0.5, 0.6) is 0 Å². The van der Waals surface area contributed by atoms with E-state index in [0.29, 0.717) is 0 Å². The number of thioether (sulfide) groups is 1. The minimum absolute atomic E-state index is 0.139. The van der Waals surface area contributed by atoms with E-state index in [-0.39, 0.29) is 24.8 Å². The van der Waals surface area contributed by atoms with E-state index in [1.165, 1.54) is 29.3 Å². The summed E-state index contributed by atoms with van der Waals surface area (Å²) in [6, 6.07) is 6.30. The second kappa shape index (κ2) is 7.75. The smallest absolute Gasteiger partial charge is 0.316 e. The zero-order valence-electron chi connectivity index (χ0n) is 11.7. The molecule has 0 radical (unpaired) electrons. The van der Waals surface area contributed by atoms with Gasteiger partial charge in [0, 0.05) is 4.90 Å². The summed E-state index contributed by atoms with van der Waals surface area (Å²) in [4.78, 5) is 23.8. The van der Waals surface area contributed by atoms with E-state index in [9.17, 15) is 9.59 Å². The minimum Gasteiger partial charge on any atom is -0.455 e. The average molecular weight is 303 g/mol. The Morgan fingerprint density at radius 2 is 2.14 bits per heavy atom. The maximum absolute atomic E-state index is 11.6. The van der Waals surface area contributed by atoms with Crippen molar-refractivity contribution in [2.24, 2.45) is 0 Å². The van der Waals surface area contributed by atoms with Crippen molar-refractivity contribution in [1.82, 2.24) is 5.32 Å². The van der Waals surface area contributed by atoms with Crippen molar-refractivity contribution >= 4 is 23.6 Å². The third kappa shape index (κ3) is 4.83. The summed E-state index contributed by atoms with van der Waals surface area (Å²) >= 11 is 1.43. The fourth-order valence-corrected chi connectivity index (χ4v) is 2.93. The first-order chi connectivity index (χ1) is 10.2. The Bertz CT molecular complexity index is 577. The molecule has 0 aliphatic heterocycles. The normalized spacial score (nSPS) is 12.3. The Morgan fingerprint density at radius 3 is 2.95 bits per heavy atom. The van der Waals surface area contributed by atoms with E-state index >= 15 is 0 Å². The summed E-state index contributed by atoms with van der Waals surface area (Å²) in [5.41, 5.74) is 2.79. The number of terminal acetylenes is 1. The van der Waals surface area contributed by atoms with Gasteiger partial charge in [0.05, 0.1) is 12.3 Å². The van der Waals surface area contributed by atoms with Crippen LogP contribution in [0.25, 0.3) is 0 Å². The summed E-state index contributed by atoms with van der Waals surface area (Å²) in [5.74, 6) is 1.68. The zero-order valence-corrected chi connectivity index (χ0v) is 12.5. The van der Waals surface area contributed by atoms with Crippen molar-refractivity contribution in [2.45, 2.75) is 24.2 Å². The highest BCUT2D eigenvalue weighted by Gasteiger charge is 2.12. The molecular weight excluding hydrogens is 286 g/mol. The number of nitrogens with one attached hydrogen (secondary N) is 1. The van der Waals surface area contributed by atoms with Gasteiger partial charge in [-0.05, 0) is 42.5 Å². The first kappa shape index (κ1) is 15.5. The van der Waals surface area contributed by atoms with Gasteiger partial charge in [-0.25, -0.2) is 0 Å². The molecule has 110 valence electrons. The lowest BCUT2D eigenvalue weighted by Gasteiger charge is -2.06. The molecule has 1 aromatic rings. The van der Waals surface area contributed by atoms with Crippen LogP contribution in [0.15, 0.2) is 23.1 Å². The number of rotatable bonds is 6. The van der Waals surface area contributed by atoms with Gasteiger partial charge in [0.2, 0.25) is 0 Å². The number of amides is 1. The quantitative estimate of drug-likeness (QED) is 0.492. The highest BCUT2D eigenvalue weighted by molar-refractivity contribution is 8.00. The molecule has 0 unspecified atom stereocenters. The maximum Gasteiger partial charge on any atom is 0.316 e. The van der Waals surface area contributed by atoms with Gasteiger partial charge >= 0.3 is 5.97 Å². The lowest BCUT2D eigenvalue weighted by atomic mass is 10.1.